The van der Waals surface area contributed by atoms with Gasteiger partial charge in [0.15, 0.2) is 6.04 Å². The quantitative estimate of drug-likeness (QED) is 0.648. The average molecular weight is 312 g/mol. The number of hydrogen-bond donors (Lipinski definition) is 1. The van der Waals surface area contributed by atoms with Crippen LogP contribution in [0.4, 0.5) is 0 Å². The van der Waals surface area contributed by atoms with E-state index in [0.717, 1.165) is 16.0 Å². The first-order chi connectivity index (χ1) is 11.0. The summed E-state index contributed by atoms with van der Waals surface area (Å²) in [6, 6.07) is 16.4. The number of ether oxygens (including phenoxy) is 1. The molecular formula is C19H22NO3+. The van der Waals surface area contributed by atoms with Gasteiger partial charge in [0.05, 0.1) is 26.8 Å². The van der Waals surface area contributed by atoms with Crippen LogP contribution in [0.2, 0.25) is 0 Å². The van der Waals surface area contributed by atoms with Crippen LogP contribution in [0, 0.1) is 0 Å². The SMILES string of the molecule is COC(=O)c1ccc(C[C@@H](C(=O)c2ccccc2)[NH+](C)C)cc1. The van der Waals surface area contributed by atoms with Crippen LogP contribution in [0.5, 0.6) is 0 Å². The van der Waals surface area contributed by atoms with Crippen LogP contribution in [0.15, 0.2) is 54.6 Å². The van der Waals surface area contributed by atoms with Crippen molar-refractivity contribution < 1.29 is 19.2 Å². The van der Waals surface area contributed by atoms with Gasteiger partial charge in [-0.3, -0.25) is 4.79 Å². The second-order valence-electron chi connectivity index (χ2n) is 5.75. The predicted octanol–water partition coefficient (Wildman–Crippen LogP) is 1.41. The number of methoxy groups -OCH3 is 1. The molecule has 1 N–H and O–H groups in total. The Kier molecular flexibility index (Phi) is 5.66. The van der Waals surface area contributed by atoms with Crippen LogP contribution in [-0.4, -0.2) is 39.0 Å². The van der Waals surface area contributed by atoms with Crippen LogP contribution >= 0.6 is 0 Å². The third-order valence-corrected chi connectivity index (χ3v) is 3.89. The van der Waals surface area contributed by atoms with Gasteiger partial charge in [-0.2, -0.15) is 0 Å². The maximum Gasteiger partial charge on any atom is 0.337 e. The lowest BCUT2D eigenvalue weighted by Crippen LogP contribution is -3.11. The summed E-state index contributed by atoms with van der Waals surface area (Å²) >= 11 is 0. The molecule has 4 heteroatoms. The molecule has 2 aromatic rings. The number of benzene rings is 2. The van der Waals surface area contributed by atoms with E-state index in [0.29, 0.717) is 12.0 Å². The zero-order valence-corrected chi connectivity index (χ0v) is 13.7. The van der Waals surface area contributed by atoms with Gasteiger partial charge in [-0.25, -0.2) is 4.79 Å². The zero-order valence-electron chi connectivity index (χ0n) is 13.7. The highest BCUT2D eigenvalue weighted by molar-refractivity contribution is 5.99. The van der Waals surface area contributed by atoms with Crippen molar-refractivity contribution in [3.63, 3.8) is 0 Å². The highest BCUT2D eigenvalue weighted by Crippen LogP contribution is 2.10. The third-order valence-electron chi connectivity index (χ3n) is 3.89. The molecule has 0 heterocycles. The van der Waals surface area contributed by atoms with Gasteiger partial charge >= 0.3 is 5.97 Å². The molecule has 0 unspecified atom stereocenters. The molecule has 0 aliphatic carbocycles. The van der Waals surface area contributed by atoms with Crippen molar-refractivity contribution >= 4 is 11.8 Å². The largest absolute Gasteiger partial charge is 0.465 e. The summed E-state index contributed by atoms with van der Waals surface area (Å²) < 4.78 is 4.69. The number of rotatable bonds is 6. The monoisotopic (exact) mass is 312 g/mol. The first-order valence-electron chi connectivity index (χ1n) is 7.59. The van der Waals surface area contributed by atoms with Gasteiger partial charge in [-0.15, -0.1) is 0 Å². The Morgan fingerprint density at radius 1 is 0.957 bits per heavy atom. The van der Waals surface area contributed by atoms with E-state index in [1.165, 1.54) is 7.11 Å². The molecule has 23 heavy (non-hydrogen) atoms. The highest BCUT2D eigenvalue weighted by Gasteiger charge is 2.26. The third kappa shape index (κ3) is 4.27. The molecule has 1 atom stereocenters. The Hall–Kier alpha value is -2.46. The molecule has 0 saturated carbocycles. The Morgan fingerprint density at radius 2 is 1.57 bits per heavy atom. The summed E-state index contributed by atoms with van der Waals surface area (Å²) in [6.45, 7) is 0. The molecule has 0 radical (unpaired) electrons. The lowest BCUT2D eigenvalue weighted by atomic mass is 9.96. The van der Waals surface area contributed by atoms with Crippen molar-refractivity contribution in [2.24, 2.45) is 0 Å². The Balaban J connectivity index is 2.17. The molecule has 2 rings (SSSR count). The van der Waals surface area contributed by atoms with Crippen LogP contribution in [-0.2, 0) is 11.2 Å². The Morgan fingerprint density at radius 3 is 2.09 bits per heavy atom. The minimum Gasteiger partial charge on any atom is -0.465 e. The van der Waals surface area contributed by atoms with E-state index in [1.807, 2.05) is 56.6 Å². The lowest BCUT2D eigenvalue weighted by molar-refractivity contribution is -0.874. The summed E-state index contributed by atoms with van der Waals surface area (Å²) in [5, 5.41) is 0. The van der Waals surface area contributed by atoms with Gasteiger partial charge in [0.2, 0.25) is 5.78 Å². The van der Waals surface area contributed by atoms with E-state index in [-0.39, 0.29) is 17.8 Å². The zero-order chi connectivity index (χ0) is 16.8. The fraction of sp³-hybridized carbons (Fsp3) is 0.263. The van der Waals surface area contributed by atoms with Crippen molar-refractivity contribution in [3.05, 3.63) is 71.3 Å². The highest BCUT2D eigenvalue weighted by atomic mass is 16.5. The van der Waals surface area contributed by atoms with Crippen molar-refractivity contribution in [2.75, 3.05) is 21.2 Å². The number of carbonyl (C=O) groups is 2. The van der Waals surface area contributed by atoms with Gasteiger partial charge in [0.25, 0.3) is 0 Å². The van der Waals surface area contributed by atoms with E-state index in [1.54, 1.807) is 12.1 Å². The topological polar surface area (TPSA) is 47.8 Å². The molecule has 0 fully saturated rings. The second kappa shape index (κ2) is 7.70. The van der Waals surface area contributed by atoms with Crippen LogP contribution in [0.3, 0.4) is 0 Å². The molecule has 2 aromatic carbocycles. The van der Waals surface area contributed by atoms with Crippen LogP contribution in [0.25, 0.3) is 0 Å². The molecule has 0 saturated heterocycles. The van der Waals surface area contributed by atoms with Gasteiger partial charge in [-0.05, 0) is 17.7 Å². The number of ketones is 1. The maximum absolute atomic E-state index is 12.7. The Bertz CT molecular complexity index is 663. The normalized spacial score (nSPS) is 12.0. The van der Waals surface area contributed by atoms with Crippen LogP contribution in [0.1, 0.15) is 26.3 Å². The molecule has 0 amide bonds. The number of likely N-dealkylation sites (N-methyl/N-ethyl adjacent to an activating group) is 1. The molecule has 0 aliphatic rings. The summed E-state index contributed by atoms with van der Waals surface area (Å²) in [5.74, 6) is -0.227. The van der Waals surface area contributed by atoms with Gasteiger partial charge < -0.3 is 9.64 Å². The number of esters is 1. The van der Waals surface area contributed by atoms with E-state index in [9.17, 15) is 9.59 Å². The summed E-state index contributed by atoms with van der Waals surface area (Å²) in [4.78, 5) is 25.3. The van der Waals surface area contributed by atoms with Crippen molar-refractivity contribution in [3.8, 4) is 0 Å². The molecule has 4 nitrogen and oxygen atoms in total. The van der Waals surface area contributed by atoms with Gasteiger partial charge in [-0.1, -0.05) is 42.5 Å². The average Bonchev–Trinajstić information content (AvgIpc) is 2.59. The Labute approximate surface area is 136 Å². The first-order valence-corrected chi connectivity index (χ1v) is 7.59. The number of Topliss-reactive ketones (excluding diaryl/α,β-unsaturated/α-hetero) is 1. The first kappa shape index (κ1) is 16.9. The maximum atomic E-state index is 12.7. The van der Waals surface area contributed by atoms with E-state index in [4.69, 9.17) is 4.74 Å². The number of nitrogens with one attached hydrogen (secondary N) is 1. The summed E-state index contributed by atoms with van der Waals surface area (Å²) in [7, 11) is 5.32. The second-order valence-corrected chi connectivity index (χ2v) is 5.75. The summed E-state index contributed by atoms with van der Waals surface area (Å²) in [6.07, 6.45) is 0.623. The van der Waals surface area contributed by atoms with Crippen molar-refractivity contribution in [2.45, 2.75) is 12.5 Å². The fourth-order valence-corrected chi connectivity index (χ4v) is 2.49. The molecule has 0 aromatic heterocycles. The molecule has 0 spiro atoms. The predicted molar refractivity (Wildman–Crippen MR) is 88.9 cm³/mol. The van der Waals surface area contributed by atoms with Gasteiger partial charge in [0.1, 0.15) is 0 Å². The minimum atomic E-state index is -0.355. The van der Waals surface area contributed by atoms with Crippen molar-refractivity contribution in [1.82, 2.24) is 0 Å². The molecule has 120 valence electrons. The van der Waals surface area contributed by atoms with E-state index in [2.05, 4.69) is 0 Å². The number of carbonyl (C=O) groups excluding carboxylic acids is 2. The molecule has 0 aliphatic heterocycles. The smallest absolute Gasteiger partial charge is 0.337 e. The summed E-state index contributed by atoms with van der Waals surface area (Å²) in [5.41, 5.74) is 2.26. The lowest BCUT2D eigenvalue weighted by Gasteiger charge is -2.20. The minimum absolute atomic E-state index is 0.127. The van der Waals surface area contributed by atoms with Gasteiger partial charge in [0, 0.05) is 12.0 Å². The van der Waals surface area contributed by atoms with Crippen molar-refractivity contribution in [1.29, 1.82) is 0 Å². The molecular weight excluding hydrogens is 290 g/mol. The number of hydrogen-bond acceptors (Lipinski definition) is 3. The van der Waals surface area contributed by atoms with E-state index >= 15 is 0 Å². The van der Waals surface area contributed by atoms with Crippen LogP contribution < -0.4 is 4.90 Å². The number of quaternary nitrogens is 1. The fourth-order valence-electron chi connectivity index (χ4n) is 2.49. The standard InChI is InChI=1S/C19H21NO3/c1-20(2)17(18(21)15-7-5-4-6-8-15)13-14-9-11-16(12-10-14)19(22)23-3/h4-12,17H,13H2,1-3H3/p+1/t17-/m0/s1. The molecule has 0 bridgehead atoms. The van der Waals surface area contributed by atoms with E-state index < -0.39 is 0 Å².